The van der Waals surface area contributed by atoms with Crippen molar-refractivity contribution in [1.82, 2.24) is 4.98 Å². The summed E-state index contributed by atoms with van der Waals surface area (Å²) >= 11 is 3.52. The van der Waals surface area contributed by atoms with E-state index in [-0.39, 0.29) is 5.04 Å². The van der Waals surface area contributed by atoms with Crippen molar-refractivity contribution in [3.8, 4) is 5.88 Å². The van der Waals surface area contributed by atoms with Gasteiger partial charge in [0.05, 0.1) is 11.1 Å². The highest BCUT2D eigenvalue weighted by Crippen LogP contribution is 2.37. The van der Waals surface area contributed by atoms with Crippen molar-refractivity contribution < 1.29 is 9.16 Å². The molecule has 1 heterocycles. The summed E-state index contributed by atoms with van der Waals surface area (Å²) in [4.78, 5) is 4.47. The average Bonchev–Trinajstić information content (AvgIpc) is 2.79. The normalized spacial score (nSPS) is 13.0. The summed E-state index contributed by atoms with van der Waals surface area (Å²) in [5.41, 5.74) is 0.958. The lowest BCUT2D eigenvalue weighted by atomic mass is 10.1. The molecule has 0 aliphatic heterocycles. The number of benzene rings is 2. The summed E-state index contributed by atoms with van der Waals surface area (Å²) in [5.74, 6) is 1.16. The Hall–Kier alpha value is -1.95. The first-order valence-electron chi connectivity index (χ1n) is 11.7. The fourth-order valence-corrected chi connectivity index (χ4v) is 9.21. The molecule has 3 nitrogen and oxygen atoms in total. The third-order valence-corrected chi connectivity index (χ3v) is 11.8. The molecule has 2 aromatic carbocycles. The zero-order chi connectivity index (χ0) is 23.9. The van der Waals surface area contributed by atoms with Crippen molar-refractivity contribution >= 4 is 34.6 Å². The van der Waals surface area contributed by atoms with Gasteiger partial charge < -0.3 is 9.16 Å². The van der Waals surface area contributed by atoms with Gasteiger partial charge >= 0.3 is 0 Å². The molecule has 1 aromatic heterocycles. The second-order valence-corrected chi connectivity index (χ2v) is 14.9. The minimum atomic E-state index is -2.46. The lowest BCUT2D eigenvalue weighted by Crippen LogP contribution is -2.66. The Bertz CT molecular complexity index is 966. The topological polar surface area (TPSA) is 31.4 Å². The van der Waals surface area contributed by atoms with Crippen molar-refractivity contribution in [2.24, 2.45) is 5.92 Å². The predicted octanol–water partition coefficient (Wildman–Crippen LogP) is 6.52. The molecule has 0 saturated carbocycles. The van der Waals surface area contributed by atoms with E-state index < -0.39 is 8.32 Å². The SMILES string of the molecule is Cc1ccc(Br)c(OCC[C@H](C)CCO[Si](c2ccccc2)(c2ccccc2)C(C)(C)C)n1. The molecular weight excluding hydrogens is 490 g/mol. The fourth-order valence-electron chi connectivity index (χ4n) is 4.29. The predicted molar refractivity (Wildman–Crippen MR) is 144 cm³/mol. The molecule has 33 heavy (non-hydrogen) atoms. The molecular formula is C28H36BrNO2Si. The Kier molecular flexibility index (Phi) is 8.91. The number of pyridine rings is 1. The van der Waals surface area contributed by atoms with E-state index in [1.807, 2.05) is 19.1 Å². The standard InChI is InChI=1S/C28H36BrNO2Si/c1-22(18-20-31-27-26(29)17-16-23(2)30-27)19-21-32-33(28(3,4)5,24-12-8-6-9-13-24)25-14-10-7-11-15-25/h6-17,22H,18-21H2,1-5H3/t22-/m0/s1. The minimum Gasteiger partial charge on any atom is -0.477 e. The zero-order valence-electron chi connectivity index (χ0n) is 20.5. The Labute approximate surface area is 208 Å². The van der Waals surface area contributed by atoms with Crippen LogP contribution in [-0.4, -0.2) is 26.5 Å². The Morgan fingerprint density at radius 2 is 1.39 bits per heavy atom. The highest BCUT2D eigenvalue weighted by molar-refractivity contribution is 9.10. The molecule has 0 aliphatic carbocycles. The van der Waals surface area contributed by atoms with E-state index in [1.165, 1.54) is 10.4 Å². The summed E-state index contributed by atoms with van der Waals surface area (Å²) in [7, 11) is -2.46. The third kappa shape index (κ3) is 6.34. The molecule has 3 aromatic rings. The largest absolute Gasteiger partial charge is 0.477 e. The van der Waals surface area contributed by atoms with Gasteiger partial charge in [0.1, 0.15) is 0 Å². The van der Waals surface area contributed by atoms with Crippen LogP contribution in [0.5, 0.6) is 5.88 Å². The number of aromatic nitrogens is 1. The summed E-state index contributed by atoms with van der Waals surface area (Å²) in [6.45, 7) is 12.6. The molecule has 0 bridgehead atoms. The lowest BCUT2D eigenvalue weighted by Gasteiger charge is -2.43. The van der Waals surface area contributed by atoms with Crippen molar-refractivity contribution in [2.75, 3.05) is 13.2 Å². The fraction of sp³-hybridized carbons (Fsp3) is 0.393. The number of rotatable bonds is 10. The summed E-state index contributed by atoms with van der Waals surface area (Å²) in [6.07, 6.45) is 1.96. The van der Waals surface area contributed by atoms with Gasteiger partial charge in [-0.15, -0.1) is 0 Å². The molecule has 0 fully saturated rings. The highest BCUT2D eigenvalue weighted by Gasteiger charge is 2.49. The van der Waals surface area contributed by atoms with Crippen LogP contribution < -0.4 is 15.1 Å². The Balaban J connectivity index is 1.68. The molecule has 0 aliphatic rings. The Morgan fingerprint density at radius 1 is 0.848 bits per heavy atom. The van der Waals surface area contributed by atoms with Crippen LogP contribution in [0.2, 0.25) is 5.04 Å². The van der Waals surface area contributed by atoms with Gasteiger partial charge in [-0.2, -0.15) is 0 Å². The molecule has 176 valence electrons. The number of nitrogens with zero attached hydrogens (tertiary/aromatic N) is 1. The molecule has 0 radical (unpaired) electrons. The van der Waals surface area contributed by atoms with E-state index in [1.54, 1.807) is 0 Å². The van der Waals surface area contributed by atoms with E-state index in [4.69, 9.17) is 9.16 Å². The van der Waals surface area contributed by atoms with Crippen LogP contribution in [0.15, 0.2) is 77.3 Å². The van der Waals surface area contributed by atoms with Crippen LogP contribution in [-0.2, 0) is 4.43 Å². The number of halogens is 1. The van der Waals surface area contributed by atoms with Gasteiger partial charge in [0, 0.05) is 12.3 Å². The lowest BCUT2D eigenvalue weighted by molar-refractivity contribution is 0.233. The number of hydrogen-bond acceptors (Lipinski definition) is 3. The van der Waals surface area contributed by atoms with Gasteiger partial charge in [0.15, 0.2) is 0 Å². The molecule has 5 heteroatoms. The third-order valence-electron chi connectivity index (χ3n) is 6.15. The van der Waals surface area contributed by atoms with Crippen molar-refractivity contribution in [3.05, 3.63) is 83.0 Å². The number of aryl methyl sites for hydroxylation is 1. The number of ether oxygens (including phenoxy) is 1. The summed E-state index contributed by atoms with van der Waals surface area (Å²) in [5, 5.41) is 2.66. The van der Waals surface area contributed by atoms with Crippen molar-refractivity contribution in [3.63, 3.8) is 0 Å². The van der Waals surface area contributed by atoms with Gasteiger partial charge in [0.25, 0.3) is 8.32 Å². The van der Waals surface area contributed by atoms with Gasteiger partial charge in [0.2, 0.25) is 5.88 Å². The van der Waals surface area contributed by atoms with Crippen LogP contribution >= 0.6 is 15.9 Å². The van der Waals surface area contributed by atoms with E-state index >= 15 is 0 Å². The van der Waals surface area contributed by atoms with E-state index in [0.29, 0.717) is 18.4 Å². The maximum atomic E-state index is 7.01. The molecule has 0 amide bonds. The van der Waals surface area contributed by atoms with Crippen LogP contribution in [0.4, 0.5) is 0 Å². The van der Waals surface area contributed by atoms with Crippen LogP contribution in [0.25, 0.3) is 0 Å². The van der Waals surface area contributed by atoms with E-state index in [0.717, 1.165) is 29.6 Å². The minimum absolute atomic E-state index is 0.00513. The smallest absolute Gasteiger partial charge is 0.261 e. The Morgan fingerprint density at radius 3 is 1.94 bits per heavy atom. The first-order valence-corrected chi connectivity index (χ1v) is 14.4. The van der Waals surface area contributed by atoms with Gasteiger partial charge in [-0.3, -0.25) is 0 Å². The first-order chi connectivity index (χ1) is 15.7. The number of hydrogen-bond donors (Lipinski definition) is 0. The first kappa shape index (κ1) is 25.7. The molecule has 0 unspecified atom stereocenters. The van der Waals surface area contributed by atoms with Gasteiger partial charge in [-0.05, 0) is 69.2 Å². The van der Waals surface area contributed by atoms with E-state index in [9.17, 15) is 0 Å². The molecule has 0 spiro atoms. The molecule has 0 saturated heterocycles. The summed E-state index contributed by atoms with van der Waals surface area (Å²) in [6, 6.07) is 25.6. The molecule has 0 N–H and O–H groups in total. The average molecular weight is 527 g/mol. The zero-order valence-corrected chi connectivity index (χ0v) is 23.1. The van der Waals surface area contributed by atoms with Crippen molar-refractivity contribution in [1.29, 1.82) is 0 Å². The maximum Gasteiger partial charge on any atom is 0.261 e. The molecule has 1 atom stereocenters. The van der Waals surface area contributed by atoms with Gasteiger partial charge in [-0.25, -0.2) is 4.98 Å². The van der Waals surface area contributed by atoms with Crippen LogP contribution in [0, 0.1) is 12.8 Å². The van der Waals surface area contributed by atoms with Gasteiger partial charge in [-0.1, -0.05) is 88.4 Å². The highest BCUT2D eigenvalue weighted by atomic mass is 79.9. The van der Waals surface area contributed by atoms with Crippen LogP contribution in [0.3, 0.4) is 0 Å². The second-order valence-electron chi connectivity index (χ2n) is 9.78. The maximum absolute atomic E-state index is 7.01. The second kappa shape index (κ2) is 11.5. The monoisotopic (exact) mass is 525 g/mol. The van der Waals surface area contributed by atoms with Crippen molar-refractivity contribution in [2.45, 2.75) is 52.5 Å². The summed E-state index contributed by atoms with van der Waals surface area (Å²) < 4.78 is 13.9. The van der Waals surface area contributed by atoms with E-state index in [2.05, 4.69) is 109 Å². The van der Waals surface area contributed by atoms with Crippen LogP contribution in [0.1, 0.15) is 46.2 Å². The molecule has 3 rings (SSSR count). The quantitative estimate of drug-likeness (QED) is 0.282.